The van der Waals surface area contributed by atoms with Crippen molar-refractivity contribution in [1.82, 2.24) is 15.1 Å². The van der Waals surface area contributed by atoms with Crippen molar-refractivity contribution in [2.75, 3.05) is 14.2 Å². The van der Waals surface area contributed by atoms with Gasteiger partial charge in [-0.3, -0.25) is 4.79 Å². The first kappa shape index (κ1) is 13.1. The number of methoxy groups -OCH3 is 1. The topological polar surface area (TPSA) is 76.4 Å². The second-order valence-electron chi connectivity index (χ2n) is 3.93. The number of aromatic nitrogens is 2. The van der Waals surface area contributed by atoms with Gasteiger partial charge in [0.2, 0.25) is 0 Å². The van der Waals surface area contributed by atoms with E-state index >= 15 is 0 Å². The van der Waals surface area contributed by atoms with Crippen LogP contribution in [0.2, 0.25) is 0 Å². The lowest BCUT2D eigenvalue weighted by molar-refractivity contribution is 0.409. The van der Waals surface area contributed by atoms with Gasteiger partial charge >= 0.3 is 0 Å². The molecule has 0 amide bonds. The number of benzene rings is 1. The third-order valence-electron chi connectivity index (χ3n) is 2.64. The molecule has 2 aromatic rings. The normalized spacial score (nSPS) is 10.4. The molecular formula is C13H15N3O3. The molecule has 0 saturated heterocycles. The number of rotatable bonds is 4. The largest absolute Gasteiger partial charge is 0.506 e. The van der Waals surface area contributed by atoms with Crippen LogP contribution in [0.1, 0.15) is 5.69 Å². The van der Waals surface area contributed by atoms with Gasteiger partial charge in [0.05, 0.1) is 7.11 Å². The van der Waals surface area contributed by atoms with Crippen LogP contribution in [0.15, 0.2) is 35.1 Å². The molecule has 0 atom stereocenters. The number of nitrogens with zero attached hydrogens (tertiary/aromatic N) is 2. The fraction of sp³-hybridized carbons (Fsp3) is 0.231. The van der Waals surface area contributed by atoms with Crippen LogP contribution < -0.4 is 15.6 Å². The zero-order valence-corrected chi connectivity index (χ0v) is 10.8. The van der Waals surface area contributed by atoms with Gasteiger partial charge in [0.25, 0.3) is 5.56 Å². The predicted molar refractivity (Wildman–Crippen MR) is 70.8 cm³/mol. The van der Waals surface area contributed by atoms with E-state index in [4.69, 9.17) is 4.74 Å². The molecule has 1 heterocycles. The number of hydrogen-bond acceptors (Lipinski definition) is 5. The number of hydrogen-bond donors (Lipinski definition) is 2. The van der Waals surface area contributed by atoms with Gasteiger partial charge in [0.1, 0.15) is 22.9 Å². The number of nitrogens with one attached hydrogen (secondary N) is 1. The molecule has 0 unspecified atom stereocenters. The zero-order chi connectivity index (χ0) is 13.8. The Morgan fingerprint density at radius 3 is 2.84 bits per heavy atom. The first-order valence-electron chi connectivity index (χ1n) is 5.77. The average molecular weight is 261 g/mol. The summed E-state index contributed by atoms with van der Waals surface area (Å²) >= 11 is 0. The summed E-state index contributed by atoms with van der Waals surface area (Å²) in [6, 6.07) is 8.21. The summed E-state index contributed by atoms with van der Waals surface area (Å²) < 4.78 is 6.42. The molecule has 0 saturated carbocycles. The van der Waals surface area contributed by atoms with Gasteiger partial charge in [-0.2, -0.15) is 9.78 Å². The third-order valence-corrected chi connectivity index (χ3v) is 2.64. The predicted octanol–water partition coefficient (Wildman–Crippen LogP) is 0.666. The second kappa shape index (κ2) is 5.53. The zero-order valence-electron chi connectivity index (χ0n) is 10.8. The van der Waals surface area contributed by atoms with Crippen molar-refractivity contribution in [2.24, 2.45) is 0 Å². The van der Waals surface area contributed by atoms with Gasteiger partial charge in [-0.25, -0.2) is 0 Å². The van der Waals surface area contributed by atoms with Crippen LogP contribution in [-0.4, -0.2) is 29.0 Å². The molecule has 6 nitrogen and oxygen atoms in total. The van der Waals surface area contributed by atoms with Crippen molar-refractivity contribution in [3.05, 3.63) is 46.4 Å². The minimum Gasteiger partial charge on any atom is -0.506 e. The quantitative estimate of drug-likeness (QED) is 0.845. The molecule has 0 aliphatic rings. The Bertz CT molecular complexity index is 637. The van der Waals surface area contributed by atoms with Crippen molar-refractivity contribution in [2.45, 2.75) is 6.54 Å². The van der Waals surface area contributed by atoms with Crippen LogP contribution in [0.25, 0.3) is 5.69 Å². The van der Waals surface area contributed by atoms with Crippen molar-refractivity contribution >= 4 is 0 Å². The lowest BCUT2D eigenvalue weighted by atomic mass is 10.3. The van der Waals surface area contributed by atoms with Gasteiger partial charge in [-0.15, -0.1) is 0 Å². The van der Waals surface area contributed by atoms with Crippen LogP contribution in [0, 0.1) is 0 Å². The van der Waals surface area contributed by atoms with Gasteiger partial charge < -0.3 is 15.2 Å². The van der Waals surface area contributed by atoms with Crippen molar-refractivity contribution in [1.29, 1.82) is 0 Å². The van der Waals surface area contributed by atoms with E-state index in [1.165, 1.54) is 11.8 Å². The molecular weight excluding hydrogens is 246 g/mol. The number of para-hydroxylation sites is 2. The number of ether oxygens (including phenoxy) is 1. The molecule has 0 aliphatic heterocycles. The van der Waals surface area contributed by atoms with Gasteiger partial charge in [0, 0.05) is 12.6 Å². The van der Waals surface area contributed by atoms with Gasteiger partial charge in [-0.1, -0.05) is 12.1 Å². The molecule has 0 aliphatic carbocycles. The molecule has 100 valence electrons. The summed E-state index contributed by atoms with van der Waals surface area (Å²) in [5, 5.41) is 16.7. The Morgan fingerprint density at radius 1 is 1.42 bits per heavy atom. The fourth-order valence-corrected chi connectivity index (χ4v) is 1.75. The van der Waals surface area contributed by atoms with Crippen LogP contribution in [-0.2, 0) is 6.54 Å². The monoisotopic (exact) mass is 261 g/mol. The Labute approximate surface area is 110 Å². The Hall–Kier alpha value is -2.34. The highest BCUT2D eigenvalue weighted by atomic mass is 16.5. The summed E-state index contributed by atoms with van der Waals surface area (Å²) in [6.45, 7) is 0.362. The highest BCUT2D eigenvalue weighted by Crippen LogP contribution is 2.21. The van der Waals surface area contributed by atoms with E-state index in [9.17, 15) is 9.90 Å². The van der Waals surface area contributed by atoms with Crippen molar-refractivity contribution in [3.63, 3.8) is 0 Å². The maximum absolute atomic E-state index is 11.9. The minimum atomic E-state index is -0.415. The summed E-state index contributed by atoms with van der Waals surface area (Å²) in [5.41, 5.74) is 0.516. The fourth-order valence-electron chi connectivity index (χ4n) is 1.75. The van der Waals surface area contributed by atoms with Crippen LogP contribution in [0.4, 0.5) is 0 Å². The third kappa shape index (κ3) is 2.58. The maximum Gasteiger partial charge on any atom is 0.275 e. The van der Waals surface area contributed by atoms with E-state index in [0.29, 0.717) is 23.7 Å². The molecule has 19 heavy (non-hydrogen) atoms. The smallest absolute Gasteiger partial charge is 0.275 e. The van der Waals surface area contributed by atoms with E-state index in [1.54, 1.807) is 25.2 Å². The molecule has 0 fully saturated rings. The second-order valence-corrected chi connectivity index (χ2v) is 3.93. The first-order valence-corrected chi connectivity index (χ1v) is 5.77. The highest BCUT2D eigenvalue weighted by molar-refractivity contribution is 5.46. The summed E-state index contributed by atoms with van der Waals surface area (Å²) in [5.74, 6) is 0.420. The Kier molecular flexibility index (Phi) is 3.82. The van der Waals surface area contributed by atoms with Gasteiger partial charge in [-0.05, 0) is 19.2 Å². The SMILES string of the molecule is CNCc1nn(-c2ccccc2OC)c(=O)cc1O. The Balaban J connectivity index is 2.61. The maximum atomic E-state index is 11.9. The lowest BCUT2D eigenvalue weighted by Crippen LogP contribution is -2.23. The molecule has 0 radical (unpaired) electrons. The first-order chi connectivity index (χ1) is 9.17. The van der Waals surface area contributed by atoms with E-state index in [0.717, 1.165) is 6.07 Å². The molecule has 2 N–H and O–H groups in total. The lowest BCUT2D eigenvalue weighted by Gasteiger charge is -2.11. The standard InChI is InChI=1S/C13H15N3O3/c1-14-8-9-11(17)7-13(18)16(15-9)10-5-3-4-6-12(10)19-2/h3-7,14,17H,8H2,1-2H3. The molecule has 0 bridgehead atoms. The summed E-state index contributed by atoms with van der Waals surface area (Å²) in [7, 11) is 3.26. The van der Waals surface area contributed by atoms with E-state index < -0.39 is 5.56 Å². The molecule has 0 spiro atoms. The van der Waals surface area contributed by atoms with Gasteiger partial charge in [0.15, 0.2) is 0 Å². The Morgan fingerprint density at radius 2 is 2.16 bits per heavy atom. The van der Waals surface area contributed by atoms with Crippen molar-refractivity contribution < 1.29 is 9.84 Å². The van der Waals surface area contributed by atoms with Crippen LogP contribution >= 0.6 is 0 Å². The molecule has 6 heteroatoms. The van der Waals surface area contributed by atoms with E-state index in [2.05, 4.69) is 10.4 Å². The summed E-state index contributed by atoms with van der Waals surface area (Å²) in [6.07, 6.45) is 0. The van der Waals surface area contributed by atoms with Crippen LogP contribution in [0.3, 0.4) is 0 Å². The minimum absolute atomic E-state index is 0.120. The highest BCUT2D eigenvalue weighted by Gasteiger charge is 2.11. The summed E-state index contributed by atoms with van der Waals surface area (Å²) in [4.78, 5) is 11.9. The van der Waals surface area contributed by atoms with E-state index in [-0.39, 0.29) is 5.75 Å². The van der Waals surface area contributed by atoms with Crippen LogP contribution in [0.5, 0.6) is 11.5 Å². The van der Waals surface area contributed by atoms with E-state index in [1.807, 2.05) is 6.07 Å². The van der Waals surface area contributed by atoms with Crippen molar-refractivity contribution in [3.8, 4) is 17.2 Å². The number of aromatic hydroxyl groups is 1. The molecule has 1 aromatic carbocycles. The average Bonchev–Trinajstić information content (AvgIpc) is 2.42. The molecule has 2 rings (SSSR count). The molecule has 1 aromatic heterocycles.